The van der Waals surface area contributed by atoms with Crippen molar-refractivity contribution in [1.82, 2.24) is 10.1 Å². The first-order chi connectivity index (χ1) is 11.4. The first-order valence-corrected chi connectivity index (χ1v) is 7.79. The molecule has 0 aliphatic rings. The largest absolute Gasteiger partial charge is 0.471 e. The van der Waals surface area contributed by atoms with Crippen LogP contribution in [0.2, 0.25) is 0 Å². The number of hydrogen-bond acceptors (Lipinski definition) is 4. The van der Waals surface area contributed by atoms with Crippen LogP contribution in [0.25, 0.3) is 11.4 Å². The number of hydrogen-bond donors (Lipinski definition) is 0. The van der Waals surface area contributed by atoms with Crippen LogP contribution in [0.5, 0.6) is 0 Å². The topological polar surface area (TPSA) is 38.9 Å². The van der Waals surface area contributed by atoms with Gasteiger partial charge >= 0.3 is 12.1 Å². The van der Waals surface area contributed by atoms with Gasteiger partial charge in [0.1, 0.15) is 5.82 Å². The van der Waals surface area contributed by atoms with Gasteiger partial charge in [0.15, 0.2) is 0 Å². The number of benzene rings is 2. The number of halogens is 4. The average Bonchev–Trinajstić information content (AvgIpc) is 3.05. The monoisotopic (exact) mass is 354 g/mol. The first kappa shape index (κ1) is 16.5. The molecule has 0 spiro atoms. The van der Waals surface area contributed by atoms with Gasteiger partial charge in [0.05, 0.1) is 0 Å². The first-order valence-electron chi connectivity index (χ1n) is 6.81. The fraction of sp³-hybridized carbons (Fsp3) is 0.125. The molecule has 0 atom stereocenters. The normalized spacial score (nSPS) is 11.7. The van der Waals surface area contributed by atoms with Crippen molar-refractivity contribution in [2.45, 2.75) is 16.8 Å². The van der Waals surface area contributed by atoms with E-state index in [0.717, 1.165) is 11.0 Å². The van der Waals surface area contributed by atoms with Crippen LogP contribution in [-0.4, -0.2) is 10.1 Å². The number of alkyl halides is 3. The van der Waals surface area contributed by atoms with Gasteiger partial charge in [-0.05, 0) is 23.8 Å². The molecule has 0 amide bonds. The van der Waals surface area contributed by atoms with E-state index < -0.39 is 17.9 Å². The average molecular weight is 354 g/mol. The van der Waals surface area contributed by atoms with Crippen LogP contribution in [-0.2, 0) is 11.9 Å². The molecule has 0 aliphatic carbocycles. The molecule has 0 unspecified atom stereocenters. The SMILES string of the molecule is Fc1cc(-c2noc(C(F)(F)F)n2)ccc1CSc1ccccc1. The Bertz CT molecular complexity index is 834. The lowest BCUT2D eigenvalue weighted by molar-refractivity contribution is -0.159. The van der Waals surface area contributed by atoms with Crippen molar-refractivity contribution in [3.05, 3.63) is 65.8 Å². The van der Waals surface area contributed by atoms with E-state index in [-0.39, 0.29) is 11.4 Å². The Labute approximate surface area is 138 Å². The Hall–Kier alpha value is -2.35. The molecule has 0 N–H and O–H groups in total. The zero-order valence-electron chi connectivity index (χ0n) is 12.0. The number of nitrogens with zero attached hydrogens (tertiary/aromatic N) is 2. The lowest BCUT2D eigenvalue weighted by Gasteiger charge is -2.05. The quantitative estimate of drug-likeness (QED) is 0.478. The maximum atomic E-state index is 14.2. The Morgan fingerprint density at radius 1 is 1.04 bits per heavy atom. The minimum Gasteiger partial charge on any atom is -0.329 e. The molecule has 1 aromatic heterocycles. The van der Waals surface area contributed by atoms with Crippen molar-refractivity contribution < 1.29 is 22.1 Å². The lowest BCUT2D eigenvalue weighted by Crippen LogP contribution is -2.04. The maximum Gasteiger partial charge on any atom is 0.471 e. The highest BCUT2D eigenvalue weighted by Gasteiger charge is 2.38. The van der Waals surface area contributed by atoms with Gasteiger partial charge in [0.2, 0.25) is 5.82 Å². The molecule has 124 valence electrons. The van der Waals surface area contributed by atoms with E-state index >= 15 is 0 Å². The molecule has 0 aliphatic heterocycles. The van der Waals surface area contributed by atoms with Crippen molar-refractivity contribution in [3.8, 4) is 11.4 Å². The summed E-state index contributed by atoms with van der Waals surface area (Å²) in [6, 6.07) is 13.6. The summed E-state index contributed by atoms with van der Waals surface area (Å²) in [6.07, 6.45) is -4.73. The molecule has 3 rings (SSSR count). The predicted octanol–water partition coefficient (Wildman–Crippen LogP) is 5.19. The van der Waals surface area contributed by atoms with Gasteiger partial charge in [-0.15, -0.1) is 11.8 Å². The Morgan fingerprint density at radius 2 is 1.79 bits per heavy atom. The van der Waals surface area contributed by atoms with Gasteiger partial charge in [-0.1, -0.05) is 35.5 Å². The number of thioether (sulfide) groups is 1. The second kappa shape index (κ2) is 6.64. The van der Waals surface area contributed by atoms with Gasteiger partial charge in [-0.3, -0.25) is 0 Å². The van der Waals surface area contributed by atoms with Crippen LogP contribution >= 0.6 is 11.8 Å². The summed E-state index contributed by atoms with van der Waals surface area (Å²) in [6.45, 7) is 0. The van der Waals surface area contributed by atoms with Crippen molar-refractivity contribution in [1.29, 1.82) is 0 Å². The second-order valence-electron chi connectivity index (χ2n) is 4.83. The zero-order chi connectivity index (χ0) is 17.2. The highest BCUT2D eigenvalue weighted by molar-refractivity contribution is 7.98. The van der Waals surface area contributed by atoms with Crippen LogP contribution in [0.15, 0.2) is 57.9 Å². The summed E-state index contributed by atoms with van der Waals surface area (Å²) < 4.78 is 55.7. The Morgan fingerprint density at radius 3 is 2.42 bits per heavy atom. The minimum atomic E-state index is -4.73. The van der Waals surface area contributed by atoms with E-state index in [1.54, 1.807) is 0 Å². The van der Waals surface area contributed by atoms with Crippen LogP contribution in [0.1, 0.15) is 11.5 Å². The third kappa shape index (κ3) is 3.76. The molecule has 0 fully saturated rings. The van der Waals surface area contributed by atoms with E-state index in [4.69, 9.17) is 0 Å². The van der Waals surface area contributed by atoms with Gasteiger partial charge < -0.3 is 4.52 Å². The molecular weight excluding hydrogens is 344 g/mol. The maximum absolute atomic E-state index is 14.2. The summed E-state index contributed by atoms with van der Waals surface area (Å²) in [5, 5.41) is 3.24. The highest BCUT2D eigenvalue weighted by atomic mass is 32.2. The summed E-state index contributed by atoms with van der Waals surface area (Å²) in [5.41, 5.74) is 0.562. The Kier molecular flexibility index (Phi) is 4.57. The Balaban J connectivity index is 1.76. The summed E-state index contributed by atoms with van der Waals surface area (Å²) in [7, 11) is 0. The minimum absolute atomic E-state index is 0.125. The molecule has 0 bridgehead atoms. The van der Waals surface area contributed by atoms with Gasteiger partial charge in [-0.25, -0.2) is 4.39 Å². The van der Waals surface area contributed by atoms with Crippen molar-refractivity contribution in [2.75, 3.05) is 0 Å². The third-order valence-electron chi connectivity index (χ3n) is 3.12. The molecule has 3 nitrogen and oxygen atoms in total. The molecule has 8 heteroatoms. The van der Waals surface area contributed by atoms with Crippen molar-refractivity contribution in [2.24, 2.45) is 0 Å². The fourth-order valence-electron chi connectivity index (χ4n) is 1.94. The van der Waals surface area contributed by atoms with Crippen molar-refractivity contribution in [3.63, 3.8) is 0 Å². The molecule has 3 aromatic rings. The lowest BCUT2D eigenvalue weighted by atomic mass is 10.1. The van der Waals surface area contributed by atoms with Gasteiger partial charge in [-0.2, -0.15) is 18.2 Å². The van der Waals surface area contributed by atoms with E-state index in [2.05, 4.69) is 14.7 Å². The number of aromatic nitrogens is 2. The third-order valence-corrected chi connectivity index (χ3v) is 4.18. The number of rotatable bonds is 4. The van der Waals surface area contributed by atoms with E-state index in [0.29, 0.717) is 11.3 Å². The summed E-state index contributed by atoms with van der Waals surface area (Å²) >= 11 is 1.46. The molecule has 0 saturated carbocycles. The zero-order valence-corrected chi connectivity index (χ0v) is 12.9. The van der Waals surface area contributed by atoms with Crippen molar-refractivity contribution >= 4 is 11.8 Å². The van der Waals surface area contributed by atoms with E-state index in [9.17, 15) is 17.6 Å². The highest BCUT2D eigenvalue weighted by Crippen LogP contribution is 2.30. The predicted molar refractivity (Wildman–Crippen MR) is 80.7 cm³/mol. The van der Waals surface area contributed by atoms with Crippen LogP contribution in [0, 0.1) is 5.82 Å². The van der Waals surface area contributed by atoms with Crippen LogP contribution < -0.4 is 0 Å². The molecule has 0 radical (unpaired) electrons. The smallest absolute Gasteiger partial charge is 0.329 e. The van der Waals surface area contributed by atoms with E-state index in [1.807, 2.05) is 30.3 Å². The van der Waals surface area contributed by atoms with Gasteiger partial charge in [0.25, 0.3) is 0 Å². The molecule has 0 saturated heterocycles. The molecule has 24 heavy (non-hydrogen) atoms. The fourth-order valence-corrected chi connectivity index (χ4v) is 2.84. The summed E-state index contributed by atoms with van der Waals surface area (Å²) in [4.78, 5) is 4.24. The summed E-state index contributed by atoms with van der Waals surface area (Å²) in [5.74, 6) is -1.89. The van der Waals surface area contributed by atoms with Gasteiger partial charge in [0, 0.05) is 16.2 Å². The molecule has 2 aromatic carbocycles. The molecular formula is C16H10F4N2OS. The molecule has 1 heterocycles. The van der Waals surface area contributed by atoms with Crippen LogP contribution in [0.4, 0.5) is 17.6 Å². The van der Waals surface area contributed by atoms with Crippen LogP contribution in [0.3, 0.4) is 0 Å². The van der Waals surface area contributed by atoms with E-state index in [1.165, 1.54) is 23.9 Å². The standard InChI is InChI=1S/C16H10F4N2OS/c17-13-8-10(14-21-15(23-22-14)16(18,19)20)6-7-11(13)9-24-12-4-2-1-3-5-12/h1-8H,9H2. The second-order valence-corrected chi connectivity index (χ2v) is 5.88.